The van der Waals surface area contributed by atoms with E-state index in [0.29, 0.717) is 12.5 Å². The molecule has 1 aromatic rings. The maximum atomic E-state index is 11.1. The van der Waals surface area contributed by atoms with Crippen LogP contribution in [0.3, 0.4) is 0 Å². The van der Waals surface area contributed by atoms with Crippen molar-refractivity contribution in [2.45, 2.75) is 25.7 Å². The third-order valence-electron chi connectivity index (χ3n) is 3.22. The zero-order chi connectivity index (χ0) is 11.4. The third-order valence-corrected chi connectivity index (χ3v) is 3.22. The highest BCUT2D eigenvalue weighted by molar-refractivity contribution is 5.77. The molecule has 86 valence electrons. The van der Waals surface area contributed by atoms with Crippen LogP contribution in [0.15, 0.2) is 30.3 Å². The van der Waals surface area contributed by atoms with Crippen molar-refractivity contribution in [3.05, 3.63) is 35.9 Å². The Morgan fingerprint density at radius 3 is 2.81 bits per heavy atom. The summed E-state index contributed by atoms with van der Waals surface area (Å²) in [5.74, 6) is 0.878. The van der Waals surface area contributed by atoms with Crippen molar-refractivity contribution in [1.82, 2.24) is 4.90 Å². The molecule has 2 heteroatoms. The Bertz CT molecular complexity index is 347. The van der Waals surface area contributed by atoms with Gasteiger partial charge in [0, 0.05) is 6.54 Å². The molecule has 0 amide bonds. The molecular formula is C14H19NO. The predicted molar refractivity (Wildman–Crippen MR) is 65.5 cm³/mol. The van der Waals surface area contributed by atoms with E-state index in [1.807, 2.05) is 0 Å². The molecule has 1 saturated heterocycles. The molecule has 0 spiro atoms. The van der Waals surface area contributed by atoms with Gasteiger partial charge in [0.05, 0.1) is 6.54 Å². The molecule has 1 aromatic carbocycles. The molecule has 0 radical (unpaired) electrons. The lowest BCUT2D eigenvalue weighted by Gasteiger charge is -2.32. The van der Waals surface area contributed by atoms with Crippen LogP contribution < -0.4 is 0 Å². The number of nitrogens with zero attached hydrogens (tertiary/aromatic N) is 1. The number of ketones is 1. The second-order valence-corrected chi connectivity index (χ2v) is 4.69. The summed E-state index contributed by atoms with van der Waals surface area (Å²) in [6.07, 6.45) is 2.45. The largest absolute Gasteiger partial charge is 0.299 e. The van der Waals surface area contributed by atoms with Gasteiger partial charge in [0.25, 0.3) is 0 Å². The van der Waals surface area contributed by atoms with Crippen molar-refractivity contribution in [3.63, 3.8) is 0 Å². The molecule has 0 saturated carbocycles. The lowest BCUT2D eigenvalue weighted by atomic mass is 9.90. The first-order chi connectivity index (χ1) is 7.75. The van der Waals surface area contributed by atoms with Crippen molar-refractivity contribution in [2.24, 2.45) is 0 Å². The van der Waals surface area contributed by atoms with Gasteiger partial charge in [-0.05, 0) is 37.8 Å². The van der Waals surface area contributed by atoms with Crippen LogP contribution in [-0.2, 0) is 4.79 Å². The fraction of sp³-hybridized carbons (Fsp3) is 0.500. The number of hydrogen-bond acceptors (Lipinski definition) is 2. The van der Waals surface area contributed by atoms with Gasteiger partial charge in [-0.2, -0.15) is 0 Å². The normalized spacial score (nSPS) is 21.9. The molecule has 0 N–H and O–H groups in total. The minimum Gasteiger partial charge on any atom is -0.299 e. The average molecular weight is 217 g/mol. The first kappa shape index (κ1) is 11.3. The van der Waals surface area contributed by atoms with E-state index in [4.69, 9.17) is 0 Å². The molecule has 2 rings (SSSR count). The third kappa shape index (κ3) is 2.92. The van der Waals surface area contributed by atoms with Crippen LogP contribution in [-0.4, -0.2) is 30.3 Å². The topological polar surface area (TPSA) is 20.3 Å². The van der Waals surface area contributed by atoms with Crippen LogP contribution in [0.5, 0.6) is 0 Å². The first-order valence-corrected chi connectivity index (χ1v) is 6.02. The summed E-state index contributed by atoms with van der Waals surface area (Å²) in [6, 6.07) is 10.6. The quantitative estimate of drug-likeness (QED) is 0.775. The Kier molecular flexibility index (Phi) is 3.73. The highest BCUT2D eigenvalue weighted by atomic mass is 16.1. The van der Waals surface area contributed by atoms with Crippen LogP contribution >= 0.6 is 0 Å². The van der Waals surface area contributed by atoms with Gasteiger partial charge in [-0.1, -0.05) is 30.3 Å². The molecule has 0 aliphatic carbocycles. The van der Waals surface area contributed by atoms with Crippen molar-refractivity contribution >= 4 is 5.78 Å². The highest BCUT2D eigenvalue weighted by Crippen LogP contribution is 2.26. The fourth-order valence-corrected chi connectivity index (χ4v) is 2.51. The molecule has 2 nitrogen and oxygen atoms in total. The van der Waals surface area contributed by atoms with E-state index in [0.717, 1.165) is 13.1 Å². The summed E-state index contributed by atoms with van der Waals surface area (Å²) in [5, 5.41) is 0. The van der Waals surface area contributed by atoms with Gasteiger partial charge >= 0.3 is 0 Å². The first-order valence-electron chi connectivity index (χ1n) is 6.02. The number of rotatable bonds is 3. The molecule has 1 atom stereocenters. The minimum absolute atomic E-state index is 0.272. The fourth-order valence-electron chi connectivity index (χ4n) is 2.51. The van der Waals surface area contributed by atoms with E-state index < -0.39 is 0 Å². The number of benzene rings is 1. The van der Waals surface area contributed by atoms with E-state index in [-0.39, 0.29) is 5.78 Å². The molecule has 0 bridgehead atoms. The lowest BCUT2D eigenvalue weighted by Crippen LogP contribution is -2.37. The Labute approximate surface area is 97.3 Å². The van der Waals surface area contributed by atoms with Crippen molar-refractivity contribution in [2.75, 3.05) is 19.6 Å². The Morgan fingerprint density at radius 1 is 1.38 bits per heavy atom. The van der Waals surface area contributed by atoms with E-state index in [9.17, 15) is 4.79 Å². The monoisotopic (exact) mass is 217 g/mol. The van der Waals surface area contributed by atoms with Crippen molar-refractivity contribution in [3.8, 4) is 0 Å². The number of hydrogen-bond donors (Lipinski definition) is 0. The van der Waals surface area contributed by atoms with E-state index in [1.165, 1.54) is 18.4 Å². The van der Waals surface area contributed by atoms with Crippen molar-refractivity contribution in [1.29, 1.82) is 0 Å². The van der Waals surface area contributed by atoms with Gasteiger partial charge in [0.2, 0.25) is 0 Å². The molecule has 16 heavy (non-hydrogen) atoms. The number of Topliss-reactive ketones (excluding diaryl/α,β-unsaturated/α-hetero) is 1. The second kappa shape index (κ2) is 5.26. The Balaban J connectivity index is 1.99. The second-order valence-electron chi connectivity index (χ2n) is 4.69. The SMILES string of the molecule is CC(=O)CN1CCC[C@H](c2ccccc2)C1. The Morgan fingerprint density at radius 2 is 2.12 bits per heavy atom. The minimum atomic E-state index is 0.272. The van der Waals surface area contributed by atoms with Crippen LogP contribution in [0.2, 0.25) is 0 Å². The van der Waals surface area contributed by atoms with Gasteiger partial charge in [0.1, 0.15) is 5.78 Å². The van der Waals surface area contributed by atoms with Gasteiger partial charge < -0.3 is 0 Å². The van der Waals surface area contributed by atoms with E-state index in [1.54, 1.807) is 6.92 Å². The van der Waals surface area contributed by atoms with Gasteiger partial charge in [-0.25, -0.2) is 0 Å². The standard InChI is InChI=1S/C14H19NO/c1-12(16)10-15-9-5-8-14(11-15)13-6-3-2-4-7-13/h2-4,6-7,14H,5,8-11H2,1H3/t14-/m0/s1. The molecule has 0 aromatic heterocycles. The maximum Gasteiger partial charge on any atom is 0.143 e. The van der Waals surface area contributed by atoms with Crippen LogP contribution in [0.4, 0.5) is 0 Å². The summed E-state index contributed by atoms with van der Waals surface area (Å²) < 4.78 is 0. The molecular weight excluding hydrogens is 198 g/mol. The van der Waals surface area contributed by atoms with E-state index >= 15 is 0 Å². The smallest absolute Gasteiger partial charge is 0.143 e. The zero-order valence-electron chi connectivity index (χ0n) is 9.86. The predicted octanol–water partition coefficient (Wildman–Crippen LogP) is 2.46. The Hall–Kier alpha value is -1.15. The average Bonchev–Trinajstić information content (AvgIpc) is 2.30. The van der Waals surface area contributed by atoms with Crippen LogP contribution in [0, 0.1) is 0 Å². The number of carbonyl (C=O) groups is 1. The zero-order valence-corrected chi connectivity index (χ0v) is 9.86. The highest BCUT2D eigenvalue weighted by Gasteiger charge is 2.21. The summed E-state index contributed by atoms with van der Waals surface area (Å²) in [5.41, 5.74) is 1.41. The lowest BCUT2D eigenvalue weighted by molar-refractivity contribution is -0.118. The van der Waals surface area contributed by atoms with Gasteiger partial charge in [-0.3, -0.25) is 9.69 Å². The molecule has 0 unspecified atom stereocenters. The summed E-state index contributed by atoms with van der Waals surface area (Å²) in [4.78, 5) is 13.4. The van der Waals surface area contributed by atoms with Gasteiger partial charge in [-0.15, -0.1) is 0 Å². The molecule has 1 fully saturated rings. The maximum absolute atomic E-state index is 11.1. The molecule has 1 aliphatic rings. The molecule has 1 aliphatic heterocycles. The summed E-state index contributed by atoms with van der Waals surface area (Å²) in [7, 11) is 0. The van der Waals surface area contributed by atoms with E-state index in [2.05, 4.69) is 35.2 Å². The summed E-state index contributed by atoms with van der Waals surface area (Å²) >= 11 is 0. The number of carbonyl (C=O) groups excluding carboxylic acids is 1. The van der Waals surface area contributed by atoms with Crippen molar-refractivity contribution < 1.29 is 4.79 Å². The number of likely N-dealkylation sites (tertiary alicyclic amines) is 1. The van der Waals surface area contributed by atoms with Crippen LogP contribution in [0.25, 0.3) is 0 Å². The number of piperidine rings is 1. The van der Waals surface area contributed by atoms with Gasteiger partial charge in [0.15, 0.2) is 0 Å². The van der Waals surface area contributed by atoms with Crippen LogP contribution in [0.1, 0.15) is 31.2 Å². The summed E-state index contributed by atoms with van der Waals surface area (Å²) in [6.45, 7) is 4.39. The molecule has 1 heterocycles.